The molecule has 1 aliphatic rings. The number of amides is 1. The minimum absolute atomic E-state index is 0.0957. The van der Waals surface area contributed by atoms with E-state index in [1.165, 1.54) is 33.1 Å². The number of ether oxygens (including phenoxy) is 4. The van der Waals surface area contributed by atoms with Crippen LogP contribution in [0.25, 0.3) is 0 Å². The third kappa shape index (κ3) is 6.44. The zero-order valence-corrected chi connectivity index (χ0v) is 22.2. The van der Waals surface area contributed by atoms with Crippen LogP contribution in [0.3, 0.4) is 0 Å². The molecule has 0 saturated heterocycles. The van der Waals surface area contributed by atoms with E-state index in [1.807, 2.05) is 0 Å². The van der Waals surface area contributed by atoms with Gasteiger partial charge in [0.25, 0.3) is 0 Å². The predicted molar refractivity (Wildman–Crippen MR) is 141 cm³/mol. The third-order valence-corrected chi connectivity index (χ3v) is 6.32. The molecule has 2 aromatic carbocycles. The number of rotatable bonds is 9. The van der Waals surface area contributed by atoms with Gasteiger partial charge < -0.3 is 29.6 Å². The molecule has 1 aliphatic heterocycles. The molecule has 0 bridgehead atoms. The van der Waals surface area contributed by atoms with Crippen molar-refractivity contribution in [2.24, 2.45) is 4.99 Å². The fourth-order valence-electron chi connectivity index (χ4n) is 3.56. The van der Waals surface area contributed by atoms with Gasteiger partial charge in [0, 0.05) is 16.4 Å². The largest absolute Gasteiger partial charge is 0.493 e. The molecule has 1 amide bonds. The number of anilines is 1. The maximum absolute atomic E-state index is 12.9. The first-order chi connectivity index (χ1) is 17.3. The van der Waals surface area contributed by atoms with E-state index < -0.39 is 12.0 Å². The van der Waals surface area contributed by atoms with Gasteiger partial charge in [-0.3, -0.25) is 4.79 Å². The fourth-order valence-corrected chi connectivity index (χ4v) is 4.43. The Morgan fingerprint density at radius 2 is 1.72 bits per heavy atom. The maximum Gasteiger partial charge on any atom is 0.338 e. The monoisotopic (exact) mass is 533 g/mol. The van der Waals surface area contributed by atoms with Crippen molar-refractivity contribution in [2.75, 3.05) is 39.0 Å². The molecule has 0 radical (unpaired) electrons. The van der Waals surface area contributed by atoms with Crippen molar-refractivity contribution in [3.8, 4) is 17.2 Å². The Balaban J connectivity index is 1.90. The van der Waals surface area contributed by atoms with Crippen LogP contribution in [0.2, 0.25) is 5.02 Å². The van der Waals surface area contributed by atoms with Gasteiger partial charge in [-0.05, 0) is 55.8 Å². The number of hydrogen-bond donors (Lipinski definition) is 2. The maximum atomic E-state index is 12.9. The van der Waals surface area contributed by atoms with E-state index in [0.29, 0.717) is 50.0 Å². The molecule has 0 saturated carbocycles. The zero-order valence-electron chi connectivity index (χ0n) is 20.6. The summed E-state index contributed by atoms with van der Waals surface area (Å²) in [7, 11) is 4.54. The highest BCUT2D eigenvalue weighted by Gasteiger charge is 2.32. The second-order valence-electron chi connectivity index (χ2n) is 7.52. The standard InChI is InChI=1S/C25H28ClN3O6S/c1-6-35-24(31)21-14(2)27-25(36-13-20(30)28-17-9-7-16(26)8-10-17)29-22(21)15-11-18(32-3)23(34-5)19(12-15)33-4/h7-12,22H,6,13H2,1-5H3,(H,27,29)(H,28,30)/t22-/m1/s1. The molecule has 192 valence electrons. The van der Waals surface area contributed by atoms with Crippen molar-refractivity contribution in [3.05, 3.63) is 58.3 Å². The Labute approximate surface area is 219 Å². The second kappa shape index (κ2) is 12.5. The van der Waals surface area contributed by atoms with Gasteiger partial charge in [0.2, 0.25) is 11.7 Å². The summed E-state index contributed by atoms with van der Waals surface area (Å²) in [5, 5.41) is 7.00. The van der Waals surface area contributed by atoms with Gasteiger partial charge >= 0.3 is 5.97 Å². The van der Waals surface area contributed by atoms with Crippen molar-refractivity contribution >= 4 is 46.1 Å². The van der Waals surface area contributed by atoms with E-state index in [2.05, 4.69) is 10.6 Å². The lowest BCUT2D eigenvalue weighted by Crippen LogP contribution is -2.31. The summed E-state index contributed by atoms with van der Waals surface area (Å²) in [6, 6.07) is 9.60. The molecule has 0 fully saturated rings. The number of allylic oxidation sites excluding steroid dienone is 1. The number of aliphatic imine (C=N–C) groups is 1. The Morgan fingerprint density at radius 1 is 1.08 bits per heavy atom. The van der Waals surface area contributed by atoms with Crippen LogP contribution in [0.1, 0.15) is 25.5 Å². The van der Waals surface area contributed by atoms with E-state index in [9.17, 15) is 9.59 Å². The van der Waals surface area contributed by atoms with Crippen LogP contribution in [0.15, 0.2) is 52.7 Å². The molecule has 0 aliphatic carbocycles. The van der Waals surface area contributed by atoms with Crippen LogP contribution in [-0.2, 0) is 14.3 Å². The smallest absolute Gasteiger partial charge is 0.338 e. The summed E-state index contributed by atoms with van der Waals surface area (Å²) in [5.74, 6) is 0.673. The van der Waals surface area contributed by atoms with Crippen molar-refractivity contribution in [2.45, 2.75) is 19.9 Å². The topological polar surface area (TPSA) is 107 Å². The number of amidine groups is 1. The number of esters is 1. The van der Waals surface area contributed by atoms with E-state index in [0.717, 1.165) is 0 Å². The summed E-state index contributed by atoms with van der Waals surface area (Å²) in [6.07, 6.45) is 0. The Morgan fingerprint density at radius 3 is 2.28 bits per heavy atom. The Hall–Kier alpha value is -3.37. The number of carbonyl (C=O) groups excluding carboxylic acids is 2. The highest BCUT2D eigenvalue weighted by atomic mass is 35.5. The average Bonchev–Trinajstić information content (AvgIpc) is 2.87. The van der Waals surface area contributed by atoms with Crippen molar-refractivity contribution in [1.82, 2.24) is 5.32 Å². The number of nitrogens with one attached hydrogen (secondary N) is 2. The SMILES string of the molecule is CCOC(=O)C1=C(C)NC(SCC(=O)Nc2ccc(Cl)cc2)=N[C@@H]1c1cc(OC)c(OC)c(OC)c1. The van der Waals surface area contributed by atoms with Crippen molar-refractivity contribution in [1.29, 1.82) is 0 Å². The molecule has 1 atom stereocenters. The summed E-state index contributed by atoms with van der Waals surface area (Å²) in [6.45, 7) is 3.72. The Kier molecular flexibility index (Phi) is 9.49. The predicted octanol–water partition coefficient (Wildman–Crippen LogP) is 4.58. The lowest BCUT2D eigenvalue weighted by Gasteiger charge is -2.26. The van der Waals surface area contributed by atoms with Gasteiger partial charge in [0.1, 0.15) is 6.04 Å². The molecule has 0 aromatic heterocycles. The number of nitrogens with zero attached hydrogens (tertiary/aromatic N) is 1. The first-order valence-electron chi connectivity index (χ1n) is 11.0. The van der Waals surface area contributed by atoms with Crippen molar-refractivity contribution in [3.63, 3.8) is 0 Å². The van der Waals surface area contributed by atoms with Gasteiger partial charge in [-0.1, -0.05) is 23.4 Å². The number of halogens is 1. The Bertz CT molecular complexity index is 1160. The highest BCUT2D eigenvalue weighted by Crippen LogP contribution is 2.43. The van der Waals surface area contributed by atoms with E-state index in [1.54, 1.807) is 50.2 Å². The number of hydrogen-bond acceptors (Lipinski definition) is 9. The van der Waals surface area contributed by atoms with E-state index in [4.69, 9.17) is 35.5 Å². The molecule has 9 nitrogen and oxygen atoms in total. The number of thioether (sulfide) groups is 1. The van der Waals surface area contributed by atoms with Gasteiger partial charge in [-0.2, -0.15) is 0 Å². The molecule has 2 N–H and O–H groups in total. The van der Waals surface area contributed by atoms with Crippen LogP contribution in [0, 0.1) is 0 Å². The van der Waals surface area contributed by atoms with E-state index >= 15 is 0 Å². The first-order valence-corrected chi connectivity index (χ1v) is 12.4. The quantitative estimate of drug-likeness (QED) is 0.451. The molecule has 11 heteroatoms. The summed E-state index contributed by atoms with van der Waals surface area (Å²) < 4.78 is 21.7. The highest BCUT2D eigenvalue weighted by molar-refractivity contribution is 8.14. The number of methoxy groups -OCH3 is 3. The van der Waals surface area contributed by atoms with E-state index in [-0.39, 0.29) is 18.3 Å². The van der Waals surface area contributed by atoms with Crippen LogP contribution in [0.5, 0.6) is 17.2 Å². The second-order valence-corrected chi connectivity index (χ2v) is 8.92. The summed E-state index contributed by atoms with van der Waals surface area (Å²) >= 11 is 7.11. The molecule has 0 unspecified atom stereocenters. The van der Waals surface area contributed by atoms with Crippen LogP contribution >= 0.6 is 23.4 Å². The molecule has 1 heterocycles. The fraction of sp³-hybridized carbons (Fsp3) is 0.320. The molecule has 2 aromatic rings. The molecule has 3 rings (SSSR count). The molecule has 0 spiro atoms. The minimum Gasteiger partial charge on any atom is -0.493 e. The third-order valence-electron chi connectivity index (χ3n) is 5.18. The van der Waals surface area contributed by atoms with Gasteiger partial charge in [-0.25, -0.2) is 9.79 Å². The summed E-state index contributed by atoms with van der Waals surface area (Å²) in [4.78, 5) is 30.1. The molecular formula is C25H28ClN3O6S. The zero-order chi connectivity index (χ0) is 26.2. The van der Waals surface area contributed by atoms with Gasteiger partial charge in [0.05, 0.1) is 39.3 Å². The normalized spacial score (nSPS) is 14.9. The number of benzene rings is 2. The summed E-state index contributed by atoms with van der Waals surface area (Å²) in [5.41, 5.74) is 2.19. The molecular weight excluding hydrogens is 506 g/mol. The average molecular weight is 534 g/mol. The van der Waals surface area contributed by atoms with Crippen LogP contribution in [-0.4, -0.2) is 50.7 Å². The van der Waals surface area contributed by atoms with Gasteiger partial charge in [-0.15, -0.1) is 0 Å². The first kappa shape index (κ1) is 27.2. The number of carbonyl (C=O) groups is 2. The molecule has 36 heavy (non-hydrogen) atoms. The minimum atomic E-state index is -0.721. The van der Waals surface area contributed by atoms with Crippen LogP contribution in [0.4, 0.5) is 5.69 Å². The van der Waals surface area contributed by atoms with Gasteiger partial charge in [0.15, 0.2) is 16.7 Å². The van der Waals surface area contributed by atoms with Crippen LogP contribution < -0.4 is 24.8 Å². The van der Waals surface area contributed by atoms with Crippen molar-refractivity contribution < 1.29 is 28.5 Å². The lowest BCUT2D eigenvalue weighted by atomic mass is 9.96. The lowest BCUT2D eigenvalue weighted by molar-refractivity contribution is -0.139.